The van der Waals surface area contributed by atoms with Crippen molar-refractivity contribution >= 4 is 34.1 Å². The van der Waals surface area contributed by atoms with Gasteiger partial charge in [0.25, 0.3) is 5.91 Å². The molecule has 0 fully saturated rings. The van der Waals surface area contributed by atoms with E-state index >= 15 is 0 Å². The van der Waals surface area contributed by atoms with Crippen LogP contribution in [-0.4, -0.2) is 35.1 Å². The van der Waals surface area contributed by atoms with Gasteiger partial charge in [0.1, 0.15) is 5.69 Å². The zero-order valence-corrected chi connectivity index (χ0v) is 11.5. The summed E-state index contributed by atoms with van der Waals surface area (Å²) in [6, 6.07) is 11.2. The summed E-state index contributed by atoms with van der Waals surface area (Å²) in [6.45, 7) is 0. The molecule has 0 spiro atoms. The third-order valence-electron chi connectivity index (χ3n) is 2.62. The largest absolute Gasteiger partial charge is 0.364 e. The number of aromatic nitrogens is 1. The van der Waals surface area contributed by atoms with Crippen molar-refractivity contribution in [3.63, 3.8) is 0 Å². The summed E-state index contributed by atoms with van der Waals surface area (Å²) in [5, 5.41) is 5.64. The molecule has 0 radical (unpaired) electrons. The predicted octanol–water partition coefficient (Wildman–Crippen LogP) is 1.32. The molecule has 1 aromatic heterocycles. The average Bonchev–Trinajstić information content (AvgIpc) is 2.45. The van der Waals surface area contributed by atoms with E-state index in [1.165, 1.54) is 5.01 Å². The van der Waals surface area contributed by atoms with Crippen LogP contribution in [0.5, 0.6) is 0 Å². The first-order valence-electron chi connectivity index (χ1n) is 5.74. The van der Waals surface area contributed by atoms with Gasteiger partial charge >= 0.3 is 0 Å². The summed E-state index contributed by atoms with van der Waals surface area (Å²) in [5.41, 5.74) is 3.78. The van der Waals surface area contributed by atoms with E-state index in [4.69, 9.17) is 12.2 Å². The number of hydrogen-bond donors (Lipinski definition) is 2. The molecule has 0 unspecified atom stereocenters. The van der Waals surface area contributed by atoms with E-state index in [1.807, 2.05) is 30.3 Å². The van der Waals surface area contributed by atoms with Gasteiger partial charge in [0.15, 0.2) is 5.11 Å². The van der Waals surface area contributed by atoms with Crippen LogP contribution in [0.15, 0.2) is 36.4 Å². The number of hydrogen-bond acceptors (Lipinski definition) is 3. The Hall–Kier alpha value is -2.21. The lowest BCUT2D eigenvalue weighted by Crippen LogP contribution is -2.47. The van der Waals surface area contributed by atoms with Crippen molar-refractivity contribution in [2.45, 2.75) is 0 Å². The van der Waals surface area contributed by atoms with E-state index in [0.29, 0.717) is 10.8 Å². The molecule has 1 amide bonds. The maximum Gasteiger partial charge on any atom is 0.288 e. The molecule has 19 heavy (non-hydrogen) atoms. The van der Waals surface area contributed by atoms with Gasteiger partial charge in [0, 0.05) is 19.5 Å². The van der Waals surface area contributed by atoms with Crippen molar-refractivity contribution in [1.82, 2.24) is 20.7 Å². The first-order valence-corrected chi connectivity index (χ1v) is 6.15. The van der Waals surface area contributed by atoms with Crippen molar-refractivity contribution < 1.29 is 4.79 Å². The van der Waals surface area contributed by atoms with Gasteiger partial charge in [-0.25, -0.2) is 4.98 Å². The summed E-state index contributed by atoms with van der Waals surface area (Å²) >= 11 is 5.00. The zero-order valence-electron chi connectivity index (χ0n) is 10.7. The SMILES string of the molecule is CNC(=S)N(C)NC(=O)c1ccc2ccccc2n1. The molecule has 2 aromatic rings. The van der Waals surface area contributed by atoms with Crippen molar-refractivity contribution in [3.8, 4) is 0 Å². The lowest BCUT2D eigenvalue weighted by Gasteiger charge is -2.19. The fraction of sp³-hybridized carbons (Fsp3) is 0.154. The van der Waals surface area contributed by atoms with Crippen LogP contribution in [0.25, 0.3) is 10.9 Å². The molecule has 6 heteroatoms. The summed E-state index contributed by atoms with van der Waals surface area (Å²) in [5.74, 6) is -0.300. The highest BCUT2D eigenvalue weighted by molar-refractivity contribution is 7.80. The monoisotopic (exact) mass is 274 g/mol. The molecular weight excluding hydrogens is 260 g/mol. The van der Waals surface area contributed by atoms with Crippen LogP contribution >= 0.6 is 12.2 Å². The lowest BCUT2D eigenvalue weighted by molar-refractivity contribution is 0.0882. The topological polar surface area (TPSA) is 57.3 Å². The smallest absolute Gasteiger partial charge is 0.288 e. The quantitative estimate of drug-likeness (QED) is 0.606. The maximum atomic E-state index is 12.0. The van der Waals surface area contributed by atoms with Crippen molar-refractivity contribution in [2.24, 2.45) is 0 Å². The molecule has 2 rings (SSSR count). The van der Waals surface area contributed by atoms with Gasteiger partial charge in [-0.3, -0.25) is 15.2 Å². The van der Waals surface area contributed by atoms with E-state index < -0.39 is 0 Å². The van der Waals surface area contributed by atoms with Crippen molar-refractivity contribution in [3.05, 3.63) is 42.1 Å². The van der Waals surface area contributed by atoms with Crippen LogP contribution in [0.4, 0.5) is 0 Å². The standard InChI is InChI=1S/C13H14N4OS/c1-14-13(19)17(2)16-12(18)11-8-7-9-5-3-4-6-10(9)15-11/h3-8H,1-2H3,(H,14,19)(H,16,18). The molecular formula is C13H14N4OS. The second kappa shape index (κ2) is 5.62. The third kappa shape index (κ3) is 2.97. The Bertz CT molecular complexity index is 629. The summed E-state index contributed by atoms with van der Waals surface area (Å²) in [7, 11) is 3.36. The highest BCUT2D eigenvalue weighted by Gasteiger charge is 2.11. The van der Waals surface area contributed by atoms with E-state index in [9.17, 15) is 4.79 Å². The first kappa shape index (κ1) is 13.2. The number of carbonyl (C=O) groups excluding carboxylic acids is 1. The van der Waals surface area contributed by atoms with Gasteiger partial charge < -0.3 is 5.32 Å². The second-order valence-corrected chi connectivity index (χ2v) is 4.33. The van der Waals surface area contributed by atoms with E-state index in [2.05, 4.69) is 15.7 Å². The van der Waals surface area contributed by atoms with Crippen molar-refractivity contribution in [1.29, 1.82) is 0 Å². The highest BCUT2D eigenvalue weighted by Crippen LogP contribution is 2.11. The van der Waals surface area contributed by atoms with Crippen LogP contribution in [0.1, 0.15) is 10.5 Å². The molecule has 0 atom stereocenters. The van der Waals surface area contributed by atoms with Crippen LogP contribution in [-0.2, 0) is 0 Å². The molecule has 0 aliphatic heterocycles. The number of nitrogens with one attached hydrogen (secondary N) is 2. The number of benzene rings is 1. The Morgan fingerprint density at radius 2 is 2.00 bits per heavy atom. The Kier molecular flexibility index (Phi) is 3.91. The number of carbonyl (C=O) groups is 1. The summed E-state index contributed by atoms with van der Waals surface area (Å²) < 4.78 is 0. The number of fused-ring (bicyclic) bond motifs is 1. The van der Waals surface area contributed by atoms with Gasteiger partial charge in [0.2, 0.25) is 0 Å². The minimum Gasteiger partial charge on any atom is -0.364 e. The number of nitrogens with zero attached hydrogens (tertiary/aromatic N) is 2. The molecule has 5 nitrogen and oxygen atoms in total. The predicted molar refractivity (Wildman–Crippen MR) is 78.6 cm³/mol. The normalized spacial score (nSPS) is 10.0. The van der Waals surface area contributed by atoms with Gasteiger partial charge in [-0.15, -0.1) is 0 Å². The number of para-hydroxylation sites is 1. The summed E-state index contributed by atoms with van der Waals surface area (Å²) in [4.78, 5) is 16.3. The zero-order chi connectivity index (χ0) is 13.8. The fourth-order valence-electron chi connectivity index (χ4n) is 1.62. The van der Waals surface area contributed by atoms with Crippen LogP contribution in [0, 0.1) is 0 Å². The maximum absolute atomic E-state index is 12.0. The number of hydrazine groups is 1. The number of rotatable bonds is 1. The molecule has 0 saturated carbocycles. The van der Waals surface area contributed by atoms with Gasteiger partial charge in [-0.1, -0.05) is 24.3 Å². The first-order chi connectivity index (χ1) is 9.11. The van der Waals surface area contributed by atoms with Crippen molar-refractivity contribution in [2.75, 3.05) is 14.1 Å². The fourth-order valence-corrected chi connectivity index (χ4v) is 1.67. The third-order valence-corrected chi connectivity index (χ3v) is 3.10. The van der Waals surface area contributed by atoms with Gasteiger partial charge in [-0.05, 0) is 24.4 Å². The Morgan fingerprint density at radius 1 is 1.26 bits per heavy atom. The number of amides is 1. The van der Waals surface area contributed by atoms with Gasteiger partial charge in [-0.2, -0.15) is 0 Å². The van der Waals surface area contributed by atoms with E-state index in [1.54, 1.807) is 20.2 Å². The minimum atomic E-state index is -0.300. The molecule has 1 aromatic carbocycles. The Balaban J connectivity index is 2.19. The van der Waals surface area contributed by atoms with Gasteiger partial charge in [0.05, 0.1) is 5.52 Å². The Labute approximate surface area is 116 Å². The van der Waals surface area contributed by atoms with Crippen LogP contribution in [0.3, 0.4) is 0 Å². The molecule has 0 saturated heterocycles. The summed E-state index contributed by atoms with van der Waals surface area (Å²) in [6.07, 6.45) is 0. The molecule has 2 N–H and O–H groups in total. The molecule has 0 aliphatic carbocycles. The number of pyridine rings is 1. The van der Waals surface area contributed by atoms with E-state index in [0.717, 1.165) is 10.9 Å². The van der Waals surface area contributed by atoms with Crippen LogP contribution in [0.2, 0.25) is 0 Å². The minimum absolute atomic E-state index is 0.300. The van der Waals surface area contributed by atoms with E-state index in [-0.39, 0.29) is 5.91 Å². The highest BCUT2D eigenvalue weighted by atomic mass is 32.1. The Morgan fingerprint density at radius 3 is 2.74 bits per heavy atom. The average molecular weight is 274 g/mol. The second-order valence-electron chi connectivity index (χ2n) is 3.94. The molecule has 0 aliphatic rings. The number of thiocarbonyl (C=S) groups is 1. The molecule has 0 bridgehead atoms. The lowest BCUT2D eigenvalue weighted by atomic mass is 10.2. The molecule has 98 valence electrons. The van der Waals surface area contributed by atoms with Crippen LogP contribution < -0.4 is 10.7 Å². The molecule has 1 heterocycles.